The van der Waals surface area contributed by atoms with Gasteiger partial charge in [-0.15, -0.1) is 0 Å². The highest BCUT2D eigenvalue weighted by atomic mass is 19.3. The van der Waals surface area contributed by atoms with Crippen LogP contribution in [0.4, 0.5) is 8.78 Å². The molecule has 0 radical (unpaired) electrons. The number of benzene rings is 1. The Morgan fingerprint density at radius 2 is 1.67 bits per heavy atom. The zero-order valence-corrected chi connectivity index (χ0v) is 8.93. The normalized spacial score (nSPS) is 28.9. The van der Waals surface area contributed by atoms with Gasteiger partial charge in [0.05, 0.1) is 5.54 Å². The Bertz CT molecular complexity index is 372. The molecule has 1 aromatic carbocycles. The van der Waals surface area contributed by atoms with Crippen molar-refractivity contribution in [2.45, 2.75) is 31.7 Å². The molecule has 1 atom stereocenters. The first-order chi connectivity index (χ1) is 6.81. The van der Waals surface area contributed by atoms with Crippen LogP contribution in [0.2, 0.25) is 0 Å². The molecule has 0 heterocycles. The molecule has 3 heteroatoms. The van der Waals surface area contributed by atoms with Crippen molar-refractivity contribution in [2.75, 3.05) is 0 Å². The highest BCUT2D eigenvalue weighted by Gasteiger charge is 2.72. The highest BCUT2D eigenvalue weighted by Crippen LogP contribution is 2.64. The highest BCUT2D eigenvalue weighted by molar-refractivity contribution is 5.32. The van der Waals surface area contributed by atoms with E-state index in [2.05, 4.69) is 0 Å². The summed E-state index contributed by atoms with van der Waals surface area (Å²) in [4.78, 5) is 0. The Labute approximate surface area is 88.3 Å². The van der Waals surface area contributed by atoms with Crippen LogP contribution < -0.4 is 5.73 Å². The first kappa shape index (κ1) is 10.6. The summed E-state index contributed by atoms with van der Waals surface area (Å²) in [6, 6.07) is 7.82. The molecule has 0 bridgehead atoms. The summed E-state index contributed by atoms with van der Waals surface area (Å²) in [7, 11) is 0. The van der Waals surface area contributed by atoms with Crippen molar-refractivity contribution in [3.63, 3.8) is 0 Å². The molecule has 0 aromatic heterocycles. The minimum Gasteiger partial charge on any atom is -0.319 e. The maximum absolute atomic E-state index is 14.1. The van der Waals surface area contributed by atoms with Crippen LogP contribution in [0.15, 0.2) is 30.3 Å². The number of alkyl halides is 2. The SMILES string of the molecule is CC1(C)CC1(N)C(F)(F)c1ccccc1. The molecule has 1 aliphatic carbocycles. The number of halogens is 2. The van der Waals surface area contributed by atoms with Crippen molar-refractivity contribution >= 4 is 0 Å². The monoisotopic (exact) mass is 211 g/mol. The molecule has 0 aliphatic heterocycles. The molecule has 1 unspecified atom stereocenters. The van der Waals surface area contributed by atoms with Crippen molar-refractivity contribution in [1.29, 1.82) is 0 Å². The second kappa shape index (κ2) is 2.79. The van der Waals surface area contributed by atoms with Gasteiger partial charge in [0.1, 0.15) is 0 Å². The lowest BCUT2D eigenvalue weighted by Gasteiger charge is -2.27. The van der Waals surface area contributed by atoms with Crippen molar-refractivity contribution in [1.82, 2.24) is 0 Å². The number of rotatable bonds is 2. The number of hydrogen-bond donors (Lipinski definition) is 1. The fourth-order valence-corrected chi connectivity index (χ4v) is 2.09. The van der Waals surface area contributed by atoms with E-state index >= 15 is 0 Å². The fourth-order valence-electron chi connectivity index (χ4n) is 2.09. The van der Waals surface area contributed by atoms with Gasteiger partial charge in [0.25, 0.3) is 5.92 Å². The Morgan fingerprint density at radius 3 is 2.07 bits per heavy atom. The van der Waals surface area contributed by atoms with Gasteiger partial charge in [-0.3, -0.25) is 0 Å². The van der Waals surface area contributed by atoms with Gasteiger partial charge in [-0.2, -0.15) is 8.78 Å². The minimum atomic E-state index is -2.95. The number of hydrogen-bond acceptors (Lipinski definition) is 1. The molecule has 82 valence electrons. The zero-order chi connectivity index (χ0) is 11.3. The molecule has 1 aliphatic rings. The standard InChI is InChI=1S/C12H15F2N/c1-10(2)8-11(10,15)12(13,14)9-6-4-3-5-7-9/h3-7H,8,15H2,1-2H3. The summed E-state index contributed by atoms with van der Waals surface area (Å²) in [5, 5.41) is 0. The first-order valence-electron chi connectivity index (χ1n) is 5.03. The van der Waals surface area contributed by atoms with Crippen LogP contribution in [0.25, 0.3) is 0 Å². The average Bonchev–Trinajstić information content (AvgIpc) is 2.69. The summed E-state index contributed by atoms with van der Waals surface area (Å²) in [5.74, 6) is -2.95. The van der Waals surface area contributed by atoms with Crippen molar-refractivity contribution in [2.24, 2.45) is 11.1 Å². The predicted molar refractivity (Wildman–Crippen MR) is 55.7 cm³/mol. The van der Waals surface area contributed by atoms with E-state index in [1.54, 1.807) is 32.0 Å². The first-order valence-corrected chi connectivity index (χ1v) is 5.03. The van der Waals surface area contributed by atoms with Crippen molar-refractivity contribution < 1.29 is 8.78 Å². The summed E-state index contributed by atoms with van der Waals surface area (Å²) in [6.45, 7) is 3.56. The van der Waals surface area contributed by atoms with Crippen LogP contribution in [-0.2, 0) is 5.92 Å². The molecule has 0 amide bonds. The second-order valence-electron chi connectivity index (χ2n) is 4.97. The Kier molecular flexibility index (Phi) is 1.96. The summed E-state index contributed by atoms with van der Waals surface area (Å²) < 4.78 is 28.2. The van der Waals surface area contributed by atoms with Crippen LogP contribution in [-0.4, -0.2) is 5.54 Å². The van der Waals surface area contributed by atoms with E-state index in [9.17, 15) is 8.78 Å². The topological polar surface area (TPSA) is 26.0 Å². The Morgan fingerprint density at radius 1 is 1.20 bits per heavy atom. The van der Waals surface area contributed by atoms with Crippen LogP contribution >= 0.6 is 0 Å². The Balaban J connectivity index is 2.38. The average molecular weight is 211 g/mol. The summed E-state index contributed by atoms with van der Waals surface area (Å²) >= 11 is 0. The van der Waals surface area contributed by atoms with E-state index < -0.39 is 16.9 Å². The van der Waals surface area contributed by atoms with Gasteiger partial charge < -0.3 is 5.73 Å². The molecule has 1 aromatic rings. The zero-order valence-electron chi connectivity index (χ0n) is 8.93. The molecule has 1 saturated carbocycles. The van der Waals surface area contributed by atoms with Crippen LogP contribution in [0.1, 0.15) is 25.8 Å². The maximum atomic E-state index is 14.1. The second-order valence-corrected chi connectivity index (χ2v) is 4.97. The van der Waals surface area contributed by atoms with E-state index in [4.69, 9.17) is 5.73 Å². The number of nitrogens with two attached hydrogens (primary N) is 1. The molecular formula is C12H15F2N. The minimum absolute atomic E-state index is 0.0121. The van der Waals surface area contributed by atoms with Gasteiger partial charge in [-0.25, -0.2) is 0 Å². The summed E-state index contributed by atoms with van der Waals surface area (Å²) in [5.41, 5.74) is 3.93. The lowest BCUT2D eigenvalue weighted by Crippen LogP contribution is -2.45. The van der Waals surface area contributed by atoms with Gasteiger partial charge in [0.2, 0.25) is 0 Å². The van der Waals surface area contributed by atoms with Crippen LogP contribution in [0.5, 0.6) is 0 Å². The molecule has 1 nitrogen and oxygen atoms in total. The Hall–Kier alpha value is -0.960. The predicted octanol–water partition coefficient (Wildman–Crippen LogP) is 2.91. The summed E-state index contributed by atoms with van der Waals surface area (Å²) in [6.07, 6.45) is 0.363. The fraction of sp³-hybridized carbons (Fsp3) is 0.500. The van der Waals surface area contributed by atoms with Gasteiger partial charge in [0.15, 0.2) is 0 Å². The third kappa shape index (κ3) is 1.29. The molecule has 2 N–H and O–H groups in total. The van der Waals surface area contributed by atoms with Crippen LogP contribution in [0, 0.1) is 5.41 Å². The van der Waals surface area contributed by atoms with Gasteiger partial charge in [0, 0.05) is 5.56 Å². The van der Waals surface area contributed by atoms with Gasteiger partial charge in [-0.05, 0) is 11.8 Å². The van der Waals surface area contributed by atoms with Crippen LogP contribution in [0.3, 0.4) is 0 Å². The van der Waals surface area contributed by atoms with Crippen molar-refractivity contribution in [3.05, 3.63) is 35.9 Å². The van der Waals surface area contributed by atoms with E-state index in [0.29, 0.717) is 6.42 Å². The van der Waals surface area contributed by atoms with E-state index in [1.165, 1.54) is 12.1 Å². The molecular weight excluding hydrogens is 196 g/mol. The molecule has 2 rings (SSSR count). The molecule has 0 spiro atoms. The van der Waals surface area contributed by atoms with Crippen molar-refractivity contribution in [3.8, 4) is 0 Å². The maximum Gasteiger partial charge on any atom is 0.291 e. The lowest BCUT2D eigenvalue weighted by molar-refractivity contribution is -0.0541. The quantitative estimate of drug-likeness (QED) is 0.799. The van der Waals surface area contributed by atoms with E-state index in [0.717, 1.165) is 0 Å². The molecule has 1 fully saturated rings. The molecule has 15 heavy (non-hydrogen) atoms. The smallest absolute Gasteiger partial charge is 0.291 e. The third-order valence-corrected chi connectivity index (χ3v) is 3.50. The van der Waals surface area contributed by atoms with Gasteiger partial charge in [-0.1, -0.05) is 44.2 Å². The largest absolute Gasteiger partial charge is 0.319 e. The van der Waals surface area contributed by atoms with E-state index in [-0.39, 0.29) is 5.56 Å². The van der Waals surface area contributed by atoms with E-state index in [1.807, 2.05) is 0 Å². The third-order valence-electron chi connectivity index (χ3n) is 3.50. The van der Waals surface area contributed by atoms with Gasteiger partial charge >= 0.3 is 0 Å². The molecule has 0 saturated heterocycles. The lowest BCUT2D eigenvalue weighted by atomic mass is 9.93.